The fourth-order valence-corrected chi connectivity index (χ4v) is 4.06. The smallest absolute Gasteiger partial charge is 0.252 e. The number of rotatable bonds is 7. The number of carbonyl (C=O) groups excluding carboxylic acids is 1. The molecule has 0 fully saturated rings. The van der Waals surface area contributed by atoms with Gasteiger partial charge < -0.3 is 14.8 Å². The quantitative estimate of drug-likeness (QED) is 0.325. The molecule has 180 valence electrons. The lowest BCUT2D eigenvalue weighted by Crippen LogP contribution is -2.23. The molecule has 7 nitrogen and oxygen atoms in total. The van der Waals surface area contributed by atoms with Gasteiger partial charge in [-0.3, -0.25) is 9.89 Å². The number of H-pyrrole nitrogens is 1. The van der Waals surface area contributed by atoms with Crippen molar-refractivity contribution in [3.8, 4) is 34.0 Å². The van der Waals surface area contributed by atoms with Crippen LogP contribution in [-0.2, 0) is 6.54 Å². The minimum atomic E-state index is -0.350. The van der Waals surface area contributed by atoms with E-state index in [1.165, 1.54) is 12.1 Å². The zero-order valence-electron chi connectivity index (χ0n) is 19.7. The minimum Gasteiger partial charge on any atom is -0.497 e. The van der Waals surface area contributed by atoms with Crippen LogP contribution in [0.1, 0.15) is 15.9 Å². The summed E-state index contributed by atoms with van der Waals surface area (Å²) in [6, 6.07) is 22.6. The zero-order chi connectivity index (χ0) is 25.1. The van der Waals surface area contributed by atoms with E-state index >= 15 is 0 Å². The second-order valence-corrected chi connectivity index (χ2v) is 8.08. The molecule has 8 heteroatoms. The van der Waals surface area contributed by atoms with E-state index in [0.29, 0.717) is 45.0 Å². The summed E-state index contributed by atoms with van der Waals surface area (Å²) in [5, 5.41) is 10.9. The second-order valence-electron chi connectivity index (χ2n) is 8.08. The van der Waals surface area contributed by atoms with Crippen molar-refractivity contribution >= 4 is 16.9 Å². The molecule has 2 aromatic heterocycles. The molecular formula is C28H23FN4O3. The largest absolute Gasteiger partial charge is 0.497 e. The molecule has 0 saturated heterocycles. The predicted octanol–water partition coefficient (Wildman–Crippen LogP) is 5.38. The van der Waals surface area contributed by atoms with E-state index in [0.717, 1.165) is 11.1 Å². The van der Waals surface area contributed by atoms with Crippen LogP contribution < -0.4 is 14.8 Å². The number of benzene rings is 3. The third kappa shape index (κ3) is 4.48. The first-order chi connectivity index (χ1) is 17.6. The monoisotopic (exact) mass is 482 g/mol. The van der Waals surface area contributed by atoms with E-state index in [1.807, 2.05) is 48.5 Å². The lowest BCUT2D eigenvalue weighted by molar-refractivity contribution is 0.0952. The summed E-state index contributed by atoms with van der Waals surface area (Å²) in [6.45, 7) is 0.272. The Bertz CT molecular complexity index is 1530. The molecule has 0 unspecified atom stereocenters. The van der Waals surface area contributed by atoms with E-state index in [1.54, 1.807) is 32.4 Å². The molecule has 5 rings (SSSR count). The maximum atomic E-state index is 13.5. The van der Waals surface area contributed by atoms with Crippen LogP contribution in [0.4, 0.5) is 4.39 Å². The highest BCUT2D eigenvalue weighted by molar-refractivity contribution is 6.11. The molecule has 0 bridgehead atoms. The molecule has 0 spiro atoms. The lowest BCUT2D eigenvalue weighted by Gasteiger charge is -2.12. The number of hydrogen-bond donors (Lipinski definition) is 2. The van der Waals surface area contributed by atoms with Gasteiger partial charge in [-0.25, -0.2) is 9.37 Å². The van der Waals surface area contributed by atoms with E-state index in [9.17, 15) is 9.18 Å². The maximum Gasteiger partial charge on any atom is 0.252 e. The molecule has 36 heavy (non-hydrogen) atoms. The first-order valence-electron chi connectivity index (χ1n) is 11.3. The van der Waals surface area contributed by atoms with Gasteiger partial charge in [0.05, 0.1) is 36.6 Å². The molecular weight excluding hydrogens is 459 g/mol. The number of halogens is 1. The number of para-hydroxylation sites is 1. The Labute approximate surface area is 206 Å². The second kappa shape index (κ2) is 9.87. The van der Waals surface area contributed by atoms with Gasteiger partial charge in [0, 0.05) is 23.2 Å². The third-order valence-corrected chi connectivity index (χ3v) is 5.92. The van der Waals surface area contributed by atoms with Gasteiger partial charge in [0.15, 0.2) is 5.65 Å². The van der Waals surface area contributed by atoms with Crippen LogP contribution in [0.2, 0.25) is 0 Å². The lowest BCUT2D eigenvalue weighted by atomic mass is 10.0. The Morgan fingerprint density at radius 2 is 1.67 bits per heavy atom. The minimum absolute atomic E-state index is 0.272. The van der Waals surface area contributed by atoms with Crippen molar-refractivity contribution in [2.24, 2.45) is 0 Å². The van der Waals surface area contributed by atoms with E-state index in [2.05, 4.69) is 15.5 Å². The average Bonchev–Trinajstić information content (AvgIpc) is 3.36. The summed E-state index contributed by atoms with van der Waals surface area (Å²) >= 11 is 0. The maximum absolute atomic E-state index is 13.5. The number of methoxy groups -OCH3 is 2. The summed E-state index contributed by atoms with van der Waals surface area (Å²) in [5.41, 5.74) is 4.30. The van der Waals surface area contributed by atoms with Crippen LogP contribution in [0.5, 0.6) is 11.5 Å². The number of pyridine rings is 1. The molecule has 0 radical (unpaired) electrons. The molecule has 2 heterocycles. The molecule has 0 atom stereocenters. The highest BCUT2D eigenvalue weighted by Crippen LogP contribution is 2.32. The number of nitrogens with zero attached hydrogens (tertiary/aromatic N) is 2. The van der Waals surface area contributed by atoms with Crippen molar-refractivity contribution in [2.75, 3.05) is 14.2 Å². The van der Waals surface area contributed by atoms with Crippen LogP contribution in [0.15, 0.2) is 78.9 Å². The van der Waals surface area contributed by atoms with Crippen LogP contribution in [0, 0.1) is 5.82 Å². The van der Waals surface area contributed by atoms with Crippen molar-refractivity contribution in [1.82, 2.24) is 20.5 Å². The third-order valence-electron chi connectivity index (χ3n) is 5.92. The van der Waals surface area contributed by atoms with Gasteiger partial charge in [0.2, 0.25) is 0 Å². The molecule has 1 amide bonds. The normalized spacial score (nSPS) is 10.9. The first-order valence-corrected chi connectivity index (χ1v) is 11.3. The van der Waals surface area contributed by atoms with Crippen LogP contribution in [-0.4, -0.2) is 35.3 Å². The summed E-state index contributed by atoms with van der Waals surface area (Å²) < 4.78 is 24.2. The van der Waals surface area contributed by atoms with Crippen molar-refractivity contribution in [3.05, 3.63) is 95.8 Å². The van der Waals surface area contributed by atoms with Gasteiger partial charge in [-0.05, 0) is 60.7 Å². The number of aromatic nitrogens is 3. The zero-order valence-corrected chi connectivity index (χ0v) is 19.7. The topological polar surface area (TPSA) is 89.1 Å². The van der Waals surface area contributed by atoms with Gasteiger partial charge in [-0.2, -0.15) is 5.10 Å². The molecule has 0 aliphatic carbocycles. The number of hydrogen-bond acceptors (Lipinski definition) is 5. The van der Waals surface area contributed by atoms with Crippen molar-refractivity contribution in [3.63, 3.8) is 0 Å². The van der Waals surface area contributed by atoms with Crippen molar-refractivity contribution in [1.29, 1.82) is 0 Å². The first kappa shape index (κ1) is 23.0. The highest BCUT2D eigenvalue weighted by atomic mass is 19.1. The summed E-state index contributed by atoms with van der Waals surface area (Å²) in [6.07, 6.45) is 0. The Kier molecular flexibility index (Phi) is 6.32. The van der Waals surface area contributed by atoms with Crippen LogP contribution >= 0.6 is 0 Å². The number of amides is 1. The van der Waals surface area contributed by atoms with Gasteiger partial charge in [0.25, 0.3) is 5.91 Å². The number of fused-ring (bicyclic) bond motifs is 1. The SMILES string of the molecule is COc1ccc(-c2cc(C(=O)NCc3ccccc3OC)c3c(-c4ccc(F)cc4)[nH]nc3n2)cc1. The van der Waals surface area contributed by atoms with Crippen LogP contribution in [0.3, 0.4) is 0 Å². The Balaban J connectivity index is 1.59. The predicted molar refractivity (Wildman–Crippen MR) is 135 cm³/mol. The Morgan fingerprint density at radius 3 is 2.39 bits per heavy atom. The average molecular weight is 483 g/mol. The number of ether oxygens (including phenoxy) is 2. The van der Waals surface area contributed by atoms with Crippen LogP contribution in [0.25, 0.3) is 33.5 Å². The number of nitrogens with one attached hydrogen (secondary N) is 2. The molecule has 0 aliphatic rings. The summed E-state index contributed by atoms with van der Waals surface area (Å²) in [4.78, 5) is 18.2. The number of aromatic amines is 1. The molecule has 0 saturated carbocycles. The summed E-state index contributed by atoms with van der Waals surface area (Å²) in [5.74, 6) is 0.755. The van der Waals surface area contributed by atoms with E-state index < -0.39 is 0 Å². The molecule has 2 N–H and O–H groups in total. The Morgan fingerprint density at radius 1 is 0.944 bits per heavy atom. The molecule has 0 aliphatic heterocycles. The fraction of sp³-hybridized carbons (Fsp3) is 0.107. The van der Waals surface area contributed by atoms with Gasteiger partial charge in [0.1, 0.15) is 17.3 Å². The standard InChI is InChI=1S/C28H23FN4O3/c1-35-21-13-9-17(10-14-21)23-15-22(28(34)30-16-19-5-3-4-6-24(19)36-2)25-26(32-33-27(25)31-23)18-7-11-20(29)12-8-18/h3-15H,16H2,1-2H3,(H,30,34)(H,31,32,33). The summed E-state index contributed by atoms with van der Waals surface area (Å²) in [7, 11) is 3.19. The van der Waals surface area contributed by atoms with Crippen molar-refractivity contribution in [2.45, 2.75) is 6.54 Å². The highest BCUT2D eigenvalue weighted by Gasteiger charge is 2.21. The molecule has 5 aromatic rings. The van der Waals surface area contributed by atoms with Gasteiger partial charge in [-0.1, -0.05) is 18.2 Å². The van der Waals surface area contributed by atoms with Gasteiger partial charge >= 0.3 is 0 Å². The van der Waals surface area contributed by atoms with Gasteiger partial charge in [-0.15, -0.1) is 0 Å². The van der Waals surface area contributed by atoms with Crippen molar-refractivity contribution < 1.29 is 18.7 Å². The fourth-order valence-electron chi connectivity index (χ4n) is 4.06. The molecule has 3 aromatic carbocycles. The van der Waals surface area contributed by atoms with E-state index in [-0.39, 0.29) is 18.3 Å². The number of carbonyl (C=O) groups is 1. The van der Waals surface area contributed by atoms with E-state index in [4.69, 9.17) is 14.5 Å². The Hall–Kier alpha value is -4.72.